The van der Waals surface area contributed by atoms with Crippen molar-refractivity contribution in [2.75, 3.05) is 6.54 Å². The average Bonchev–Trinajstić information content (AvgIpc) is 2.35. The van der Waals surface area contributed by atoms with Crippen LogP contribution in [0.4, 0.5) is 8.78 Å². The number of halogens is 2. The van der Waals surface area contributed by atoms with Crippen LogP contribution >= 0.6 is 11.8 Å². The van der Waals surface area contributed by atoms with Gasteiger partial charge in [-0.05, 0) is 36.7 Å². The Balaban J connectivity index is 2.28. The second-order valence-electron chi connectivity index (χ2n) is 3.68. The van der Waals surface area contributed by atoms with Crippen LogP contribution in [-0.4, -0.2) is 11.5 Å². The van der Waals surface area contributed by atoms with Crippen molar-refractivity contribution in [2.24, 2.45) is 5.73 Å². The smallest absolute Gasteiger partial charge is 0.140 e. The maximum Gasteiger partial charge on any atom is 0.140 e. The zero-order valence-electron chi connectivity index (χ0n) is 9.57. The van der Waals surface area contributed by atoms with Gasteiger partial charge in [0.25, 0.3) is 0 Å². The van der Waals surface area contributed by atoms with Crippen LogP contribution in [0.2, 0.25) is 0 Å². The number of pyridine rings is 1. The molecule has 1 aromatic carbocycles. The van der Waals surface area contributed by atoms with Crippen molar-refractivity contribution in [2.45, 2.75) is 16.3 Å². The SMILES string of the molecule is NCCc1cccnc1Sc1ccc(F)cc1F. The molecule has 0 bridgehead atoms. The standard InChI is InChI=1S/C13H12F2N2S/c14-10-3-4-12(11(15)8-10)18-13-9(5-6-16)2-1-7-17-13/h1-4,7-8H,5-6,16H2. The molecule has 0 saturated carbocycles. The Bertz CT molecular complexity index is 546. The van der Waals surface area contributed by atoms with Gasteiger partial charge < -0.3 is 5.73 Å². The Morgan fingerprint density at radius 1 is 1.22 bits per heavy atom. The van der Waals surface area contributed by atoms with Crippen molar-refractivity contribution in [3.63, 3.8) is 0 Å². The van der Waals surface area contributed by atoms with Crippen molar-refractivity contribution >= 4 is 11.8 Å². The average molecular weight is 266 g/mol. The first-order chi connectivity index (χ1) is 8.70. The number of aromatic nitrogens is 1. The molecular formula is C13H12F2N2S. The zero-order chi connectivity index (χ0) is 13.0. The highest BCUT2D eigenvalue weighted by Crippen LogP contribution is 2.30. The monoisotopic (exact) mass is 266 g/mol. The van der Waals surface area contributed by atoms with Crippen LogP contribution in [0, 0.1) is 11.6 Å². The maximum absolute atomic E-state index is 13.5. The first-order valence-electron chi connectivity index (χ1n) is 5.47. The molecule has 0 aliphatic rings. The first-order valence-corrected chi connectivity index (χ1v) is 6.29. The zero-order valence-corrected chi connectivity index (χ0v) is 10.4. The molecule has 94 valence electrons. The summed E-state index contributed by atoms with van der Waals surface area (Å²) in [5.41, 5.74) is 6.48. The molecule has 0 saturated heterocycles. The van der Waals surface area contributed by atoms with Crippen LogP contribution in [0.5, 0.6) is 0 Å². The van der Waals surface area contributed by atoms with Crippen LogP contribution < -0.4 is 5.73 Å². The van der Waals surface area contributed by atoms with Gasteiger partial charge in [0, 0.05) is 17.2 Å². The maximum atomic E-state index is 13.5. The van der Waals surface area contributed by atoms with E-state index in [0.717, 1.165) is 11.6 Å². The molecule has 18 heavy (non-hydrogen) atoms. The predicted molar refractivity (Wildman–Crippen MR) is 67.5 cm³/mol. The summed E-state index contributed by atoms with van der Waals surface area (Å²) in [7, 11) is 0. The molecule has 0 atom stereocenters. The minimum absolute atomic E-state index is 0.355. The van der Waals surface area contributed by atoms with E-state index >= 15 is 0 Å². The van der Waals surface area contributed by atoms with Gasteiger partial charge >= 0.3 is 0 Å². The Morgan fingerprint density at radius 2 is 2.06 bits per heavy atom. The topological polar surface area (TPSA) is 38.9 Å². The summed E-state index contributed by atoms with van der Waals surface area (Å²) < 4.78 is 26.3. The van der Waals surface area contributed by atoms with E-state index in [9.17, 15) is 8.78 Å². The molecule has 2 aromatic rings. The van der Waals surface area contributed by atoms with E-state index in [1.165, 1.54) is 23.9 Å². The number of hydrogen-bond acceptors (Lipinski definition) is 3. The van der Waals surface area contributed by atoms with E-state index in [0.29, 0.717) is 22.9 Å². The fourth-order valence-electron chi connectivity index (χ4n) is 1.52. The van der Waals surface area contributed by atoms with Crippen molar-refractivity contribution in [3.05, 3.63) is 53.7 Å². The van der Waals surface area contributed by atoms with Gasteiger partial charge in [-0.1, -0.05) is 17.8 Å². The summed E-state index contributed by atoms with van der Waals surface area (Å²) in [6.45, 7) is 0.505. The quantitative estimate of drug-likeness (QED) is 0.924. The highest BCUT2D eigenvalue weighted by Gasteiger charge is 2.09. The van der Waals surface area contributed by atoms with E-state index in [1.54, 1.807) is 6.20 Å². The van der Waals surface area contributed by atoms with Crippen LogP contribution in [0.15, 0.2) is 46.5 Å². The Morgan fingerprint density at radius 3 is 2.78 bits per heavy atom. The minimum atomic E-state index is -0.583. The van der Waals surface area contributed by atoms with Gasteiger partial charge in [0.1, 0.15) is 16.7 Å². The molecular weight excluding hydrogens is 254 g/mol. The number of nitrogens with zero attached hydrogens (tertiary/aromatic N) is 1. The lowest BCUT2D eigenvalue weighted by molar-refractivity contribution is 0.565. The van der Waals surface area contributed by atoms with E-state index < -0.39 is 11.6 Å². The summed E-state index contributed by atoms with van der Waals surface area (Å²) in [6, 6.07) is 7.24. The highest BCUT2D eigenvalue weighted by atomic mass is 32.2. The van der Waals surface area contributed by atoms with E-state index in [2.05, 4.69) is 4.98 Å². The van der Waals surface area contributed by atoms with Gasteiger partial charge in [-0.3, -0.25) is 0 Å². The summed E-state index contributed by atoms with van der Waals surface area (Å²) >= 11 is 1.18. The van der Waals surface area contributed by atoms with E-state index in [1.807, 2.05) is 12.1 Å². The molecule has 0 aliphatic heterocycles. The molecule has 1 heterocycles. The molecule has 0 radical (unpaired) electrons. The lowest BCUT2D eigenvalue weighted by atomic mass is 10.2. The lowest BCUT2D eigenvalue weighted by Gasteiger charge is -2.07. The Kier molecular flexibility index (Phi) is 4.28. The molecule has 0 unspecified atom stereocenters. The van der Waals surface area contributed by atoms with Gasteiger partial charge in [-0.15, -0.1) is 0 Å². The molecule has 0 fully saturated rings. The number of nitrogens with two attached hydrogens (primary N) is 1. The normalized spacial score (nSPS) is 10.6. The molecule has 1 aromatic heterocycles. The third-order valence-electron chi connectivity index (χ3n) is 2.36. The fraction of sp³-hybridized carbons (Fsp3) is 0.154. The Hall–Kier alpha value is -1.46. The fourth-order valence-corrected chi connectivity index (χ4v) is 2.44. The van der Waals surface area contributed by atoms with E-state index in [-0.39, 0.29) is 0 Å². The van der Waals surface area contributed by atoms with Crippen LogP contribution in [0.3, 0.4) is 0 Å². The van der Waals surface area contributed by atoms with Crippen LogP contribution in [0.1, 0.15) is 5.56 Å². The second-order valence-corrected chi connectivity index (χ2v) is 4.71. The second kappa shape index (κ2) is 5.93. The number of hydrogen-bond donors (Lipinski definition) is 1. The molecule has 0 aliphatic carbocycles. The van der Waals surface area contributed by atoms with Gasteiger partial charge in [-0.2, -0.15) is 0 Å². The van der Waals surface area contributed by atoms with Gasteiger partial charge in [0.05, 0.1) is 0 Å². The summed E-state index contributed by atoms with van der Waals surface area (Å²) in [5.74, 6) is -1.16. The van der Waals surface area contributed by atoms with Crippen LogP contribution in [-0.2, 0) is 6.42 Å². The molecule has 0 amide bonds. The highest BCUT2D eigenvalue weighted by molar-refractivity contribution is 7.99. The van der Waals surface area contributed by atoms with E-state index in [4.69, 9.17) is 5.73 Å². The molecule has 5 heteroatoms. The summed E-state index contributed by atoms with van der Waals surface area (Å²) in [6.07, 6.45) is 2.32. The van der Waals surface area contributed by atoms with Gasteiger partial charge in [-0.25, -0.2) is 13.8 Å². The third-order valence-corrected chi connectivity index (χ3v) is 3.48. The first kappa shape index (κ1) is 13.0. The third kappa shape index (κ3) is 3.05. The lowest BCUT2D eigenvalue weighted by Crippen LogP contribution is -2.04. The van der Waals surface area contributed by atoms with Crippen molar-refractivity contribution in [3.8, 4) is 0 Å². The molecule has 0 spiro atoms. The largest absolute Gasteiger partial charge is 0.330 e. The Labute approximate surface area is 108 Å². The summed E-state index contributed by atoms with van der Waals surface area (Å²) in [5, 5.41) is 0.702. The number of rotatable bonds is 4. The van der Waals surface area contributed by atoms with Crippen molar-refractivity contribution in [1.29, 1.82) is 0 Å². The van der Waals surface area contributed by atoms with Crippen molar-refractivity contribution < 1.29 is 8.78 Å². The molecule has 2 N–H and O–H groups in total. The van der Waals surface area contributed by atoms with Crippen molar-refractivity contribution in [1.82, 2.24) is 4.98 Å². The number of benzene rings is 1. The minimum Gasteiger partial charge on any atom is -0.330 e. The van der Waals surface area contributed by atoms with Crippen LogP contribution in [0.25, 0.3) is 0 Å². The summed E-state index contributed by atoms with van der Waals surface area (Å²) in [4.78, 5) is 4.56. The van der Waals surface area contributed by atoms with Gasteiger partial charge in [0.15, 0.2) is 0 Å². The molecule has 2 rings (SSSR count). The predicted octanol–water partition coefficient (Wildman–Crippen LogP) is 3.01. The molecule has 2 nitrogen and oxygen atoms in total. The van der Waals surface area contributed by atoms with Gasteiger partial charge in [0.2, 0.25) is 0 Å².